The van der Waals surface area contributed by atoms with Crippen LogP contribution in [0.25, 0.3) is 0 Å². The summed E-state index contributed by atoms with van der Waals surface area (Å²) < 4.78 is 5.15. The van der Waals surface area contributed by atoms with Crippen molar-refractivity contribution in [2.45, 2.75) is 25.3 Å². The Morgan fingerprint density at radius 2 is 2.09 bits per heavy atom. The summed E-state index contributed by atoms with van der Waals surface area (Å²) in [5.41, 5.74) is 0.959. The normalized spacial score (nSPS) is 18.0. The molecule has 1 fully saturated rings. The van der Waals surface area contributed by atoms with Crippen LogP contribution in [0.1, 0.15) is 51.8 Å². The van der Waals surface area contributed by atoms with Crippen LogP contribution in [0.4, 0.5) is 0 Å². The number of furan rings is 1. The Balaban J connectivity index is 1.88. The Hall–Kier alpha value is -2.27. The third kappa shape index (κ3) is 3.24. The van der Waals surface area contributed by atoms with E-state index < -0.39 is 5.97 Å². The molecule has 1 saturated heterocycles. The molecule has 5 nitrogen and oxygen atoms in total. The van der Waals surface area contributed by atoms with E-state index >= 15 is 0 Å². The molecule has 0 aliphatic carbocycles. The lowest BCUT2D eigenvalue weighted by molar-refractivity contribution is 0.0578. The average Bonchev–Trinajstić information content (AvgIpc) is 3.04. The van der Waals surface area contributed by atoms with E-state index in [-0.39, 0.29) is 23.3 Å². The van der Waals surface area contributed by atoms with Gasteiger partial charge in [-0.1, -0.05) is 23.7 Å². The number of aromatic carboxylic acids is 1. The molecule has 1 aromatic carbocycles. The molecule has 1 N–H and O–H groups in total. The van der Waals surface area contributed by atoms with Gasteiger partial charge >= 0.3 is 5.97 Å². The van der Waals surface area contributed by atoms with Crippen molar-refractivity contribution in [1.82, 2.24) is 4.90 Å². The Kier molecular flexibility index (Phi) is 4.39. The number of benzene rings is 1. The van der Waals surface area contributed by atoms with Gasteiger partial charge in [-0.15, -0.1) is 0 Å². The zero-order valence-electron chi connectivity index (χ0n) is 12.4. The third-order valence-electron chi connectivity index (χ3n) is 4.05. The smallest absolute Gasteiger partial charge is 0.338 e. The van der Waals surface area contributed by atoms with Crippen molar-refractivity contribution in [2.24, 2.45) is 0 Å². The molecule has 0 bridgehead atoms. The van der Waals surface area contributed by atoms with E-state index in [9.17, 15) is 9.59 Å². The van der Waals surface area contributed by atoms with Crippen LogP contribution in [0, 0.1) is 0 Å². The van der Waals surface area contributed by atoms with Gasteiger partial charge in [0, 0.05) is 17.6 Å². The molecule has 1 aliphatic heterocycles. The fourth-order valence-corrected chi connectivity index (χ4v) is 3.14. The first kappa shape index (κ1) is 15.6. The molecule has 1 unspecified atom stereocenters. The fourth-order valence-electron chi connectivity index (χ4n) is 2.94. The van der Waals surface area contributed by atoms with Gasteiger partial charge in [-0.3, -0.25) is 4.79 Å². The lowest BCUT2D eigenvalue weighted by Crippen LogP contribution is -2.38. The highest BCUT2D eigenvalue weighted by atomic mass is 35.5. The topological polar surface area (TPSA) is 70.7 Å². The molecule has 1 atom stereocenters. The molecule has 2 aromatic rings. The Bertz CT molecular complexity index is 740. The highest BCUT2D eigenvalue weighted by Crippen LogP contribution is 2.33. The van der Waals surface area contributed by atoms with Crippen LogP contribution >= 0.6 is 11.6 Å². The molecule has 1 aromatic heterocycles. The largest absolute Gasteiger partial charge is 0.478 e. The maximum atomic E-state index is 12.7. The Morgan fingerprint density at radius 1 is 1.26 bits per heavy atom. The van der Waals surface area contributed by atoms with Crippen molar-refractivity contribution in [2.75, 3.05) is 6.54 Å². The number of likely N-dealkylation sites (tertiary alicyclic amines) is 1. The van der Waals surface area contributed by atoms with E-state index in [1.807, 2.05) is 18.2 Å². The predicted molar refractivity (Wildman–Crippen MR) is 84.7 cm³/mol. The van der Waals surface area contributed by atoms with Crippen molar-refractivity contribution >= 4 is 23.5 Å². The van der Waals surface area contributed by atoms with E-state index in [1.54, 1.807) is 11.0 Å². The number of carbonyl (C=O) groups is 2. The molecular formula is C17H16ClNO4. The molecular weight excluding hydrogens is 318 g/mol. The molecule has 120 valence electrons. The van der Waals surface area contributed by atoms with Crippen molar-refractivity contribution in [3.05, 3.63) is 58.5 Å². The van der Waals surface area contributed by atoms with Crippen LogP contribution in [-0.2, 0) is 0 Å². The minimum absolute atomic E-state index is 0.0235. The average molecular weight is 334 g/mol. The Labute approximate surface area is 138 Å². The van der Waals surface area contributed by atoms with Crippen LogP contribution in [0.2, 0.25) is 5.02 Å². The maximum Gasteiger partial charge on any atom is 0.338 e. The SMILES string of the molecule is O=C(O)c1coc(C(=O)N2CCCCC2c2cccc(Cl)c2)c1. The fraction of sp³-hybridized carbons (Fsp3) is 0.294. The molecule has 3 rings (SSSR count). The van der Waals surface area contributed by atoms with Crippen LogP contribution in [0.15, 0.2) is 41.0 Å². The summed E-state index contributed by atoms with van der Waals surface area (Å²) in [5, 5.41) is 9.58. The summed E-state index contributed by atoms with van der Waals surface area (Å²) in [4.78, 5) is 25.4. The lowest BCUT2D eigenvalue weighted by atomic mass is 9.95. The molecule has 6 heteroatoms. The molecule has 1 amide bonds. The summed E-state index contributed by atoms with van der Waals surface area (Å²) >= 11 is 6.06. The number of amides is 1. The number of carbonyl (C=O) groups excluding carboxylic acids is 1. The molecule has 0 radical (unpaired) electrons. The summed E-state index contributed by atoms with van der Waals surface area (Å²) in [5.74, 6) is -1.35. The minimum Gasteiger partial charge on any atom is -0.478 e. The van der Waals surface area contributed by atoms with Gasteiger partial charge in [0.25, 0.3) is 5.91 Å². The number of hydrogen-bond donors (Lipinski definition) is 1. The molecule has 23 heavy (non-hydrogen) atoms. The standard InChI is InChI=1S/C17H16ClNO4/c18-13-5-3-4-11(8-13)14-6-1-2-7-19(14)16(20)15-9-12(10-23-15)17(21)22/h3-5,8-10,14H,1-2,6-7H2,(H,21,22). The molecule has 0 saturated carbocycles. The second kappa shape index (κ2) is 6.46. The zero-order valence-corrected chi connectivity index (χ0v) is 13.1. The predicted octanol–water partition coefficient (Wildman–Crippen LogP) is 4.00. The van der Waals surface area contributed by atoms with Gasteiger partial charge < -0.3 is 14.4 Å². The van der Waals surface area contributed by atoms with Crippen LogP contribution in [-0.4, -0.2) is 28.4 Å². The van der Waals surface area contributed by atoms with E-state index in [0.29, 0.717) is 11.6 Å². The second-order valence-electron chi connectivity index (χ2n) is 5.57. The van der Waals surface area contributed by atoms with Gasteiger partial charge in [0.1, 0.15) is 6.26 Å². The van der Waals surface area contributed by atoms with Crippen LogP contribution in [0.5, 0.6) is 0 Å². The number of carboxylic acid groups (broad SMARTS) is 1. The second-order valence-corrected chi connectivity index (χ2v) is 6.01. The number of carboxylic acids is 1. The number of rotatable bonds is 3. The maximum absolute atomic E-state index is 12.7. The van der Waals surface area contributed by atoms with Gasteiger partial charge in [0.05, 0.1) is 11.6 Å². The summed E-state index contributed by atoms with van der Waals surface area (Å²) in [6.07, 6.45) is 3.88. The van der Waals surface area contributed by atoms with Gasteiger partial charge in [0.2, 0.25) is 0 Å². The first-order valence-electron chi connectivity index (χ1n) is 7.44. The van der Waals surface area contributed by atoms with E-state index in [1.165, 1.54) is 6.07 Å². The van der Waals surface area contributed by atoms with Gasteiger partial charge in [-0.25, -0.2) is 4.79 Å². The van der Waals surface area contributed by atoms with Crippen molar-refractivity contribution in [1.29, 1.82) is 0 Å². The number of nitrogens with zero attached hydrogens (tertiary/aromatic N) is 1. The van der Waals surface area contributed by atoms with E-state index in [0.717, 1.165) is 31.1 Å². The van der Waals surface area contributed by atoms with Crippen LogP contribution < -0.4 is 0 Å². The van der Waals surface area contributed by atoms with Crippen molar-refractivity contribution in [3.63, 3.8) is 0 Å². The first-order chi connectivity index (χ1) is 11.1. The molecule has 0 spiro atoms. The number of halogens is 1. The first-order valence-corrected chi connectivity index (χ1v) is 7.82. The number of piperidine rings is 1. The summed E-state index contributed by atoms with van der Waals surface area (Å²) in [6.45, 7) is 0.610. The zero-order chi connectivity index (χ0) is 16.4. The van der Waals surface area contributed by atoms with Crippen molar-refractivity contribution < 1.29 is 19.1 Å². The van der Waals surface area contributed by atoms with E-state index in [2.05, 4.69) is 0 Å². The van der Waals surface area contributed by atoms with Crippen LogP contribution in [0.3, 0.4) is 0 Å². The monoisotopic (exact) mass is 333 g/mol. The van der Waals surface area contributed by atoms with Gasteiger partial charge in [-0.05, 0) is 37.0 Å². The molecule has 2 heterocycles. The third-order valence-corrected chi connectivity index (χ3v) is 4.29. The Morgan fingerprint density at radius 3 is 2.78 bits per heavy atom. The van der Waals surface area contributed by atoms with Crippen molar-refractivity contribution in [3.8, 4) is 0 Å². The minimum atomic E-state index is -1.11. The van der Waals surface area contributed by atoms with Gasteiger partial charge in [-0.2, -0.15) is 0 Å². The van der Waals surface area contributed by atoms with E-state index in [4.69, 9.17) is 21.1 Å². The quantitative estimate of drug-likeness (QED) is 0.921. The molecule has 1 aliphatic rings. The highest BCUT2D eigenvalue weighted by Gasteiger charge is 2.30. The highest BCUT2D eigenvalue weighted by molar-refractivity contribution is 6.30. The lowest BCUT2D eigenvalue weighted by Gasteiger charge is -2.35. The number of hydrogen-bond acceptors (Lipinski definition) is 3. The summed E-state index contributed by atoms with van der Waals surface area (Å²) in [6, 6.07) is 8.67. The summed E-state index contributed by atoms with van der Waals surface area (Å²) in [7, 11) is 0. The van der Waals surface area contributed by atoms with Gasteiger partial charge in [0.15, 0.2) is 5.76 Å².